The highest BCUT2D eigenvalue weighted by Crippen LogP contribution is 2.23. The monoisotopic (exact) mass is 324 g/mol. The molecule has 0 saturated heterocycles. The maximum absolute atomic E-state index is 11.9. The Bertz CT molecular complexity index is 348. The van der Waals surface area contributed by atoms with Crippen molar-refractivity contribution in [3.8, 4) is 5.75 Å². The van der Waals surface area contributed by atoms with Crippen LogP contribution in [0.4, 0.5) is 13.2 Å². The summed E-state index contributed by atoms with van der Waals surface area (Å²) in [6, 6.07) is 6.06. The Balaban J connectivity index is 2.41. The Labute approximate surface area is 113 Å². The third kappa shape index (κ3) is 6.28. The van der Waals surface area contributed by atoms with Gasteiger partial charge >= 0.3 is 6.36 Å². The standard InChI is InChI=1S/C13H16BrF3O/c1-2-11(14)5-3-4-10-6-8-12(9-7-10)18-13(15,16)17/h6-9,11H,2-5H2,1H3. The minimum absolute atomic E-state index is 0.168. The minimum atomic E-state index is -4.62. The normalized spacial score (nSPS) is 13.4. The van der Waals surface area contributed by atoms with Crippen LogP contribution in [0.2, 0.25) is 0 Å². The lowest BCUT2D eigenvalue weighted by molar-refractivity contribution is -0.274. The van der Waals surface area contributed by atoms with Crippen LogP contribution in [0.5, 0.6) is 5.75 Å². The third-order valence-electron chi connectivity index (χ3n) is 2.58. The van der Waals surface area contributed by atoms with Gasteiger partial charge in [0.1, 0.15) is 5.75 Å². The highest BCUT2D eigenvalue weighted by atomic mass is 79.9. The second kappa shape index (κ2) is 7.02. The van der Waals surface area contributed by atoms with Crippen molar-refractivity contribution >= 4 is 15.9 Å². The molecule has 0 bridgehead atoms. The Morgan fingerprint density at radius 1 is 1.22 bits per heavy atom. The van der Waals surface area contributed by atoms with Crippen molar-refractivity contribution in [2.24, 2.45) is 0 Å². The molecule has 18 heavy (non-hydrogen) atoms. The molecule has 0 spiro atoms. The fourth-order valence-corrected chi connectivity index (χ4v) is 1.91. The van der Waals surface area contributed by atoms with Crippen molar-refractivity contribution in [2.45, 2.75) is 43.8 Å². The molecule has 0 aliphatic heterocycles. The van der Waals surface area contributed by atoms with E-state index in [0.29, 0.717) is 4.83 Å². The van der Waals surface area contributed by atoms with Crippen LogP contribution in [0.1, 0.15) is 31.7 Å². The zero-order chi connectivity index (χ0) is 13.6. The van der Waals surface area contributed by atoms with Gasteiger partial charge in [-0.15, -0.1) is 13.2 Å². The highest BCUT2D eigenvalue weighted by molar-refractivity contribution is 9.09. The first-order valence-electron chi connectivity index (χ1n) is 5.89. The van der Waals surface area contributed by atoms with Crippen molar-refractivity contribution in [3.05, 3.63) is 29.8 Å². The summed E-state index contributed by atoms with van der Waals surface area (Å²) in [6.45, 7) is 2.11. The van der Waals surface area contributed by atoms with E-state index in [1.807, 2.05) is 0 Å². The lowest BCUT2D eigenvalue weighted by Gasteiger charge is -2.09. The van der Waals surface area contributed by atoms with Crippen molar-refractivity contribution in [2.75, 3.05) is 0 Å². The van der Waals surface area contributed by atoms with E-state index in [2.05, 4.69) is 27.6 Å². The van der Waals surface area contributed by atoms with E-state index in [0.717, 1.165) is 31.2 Å². The lowest BCUT2D eigenvalue weighted by atomic mass is 10.1. The first-order valence-corrected chi connectivity index (χ1v) is 6.81. The fourth-order valence-electron chi connectivity index (χ4n) is 1.59. The van der Waals surface area contributed by atoms with E-state index in [9.17, 15) is 13.2 Å². The number of rotatable bonds is 6. The molecule has 0 aliphatic rings. The van der Waals surface area contributed by atoms with Gasteiger partial charge in [-0.05, 0) is 43.4 Å². The predicted octanol–water partition coefficient (Wildman–Crippen LogP) is 5.08. The van der Waals surface area contributed by atoms with Crippen LogP contribution < -0.4 is 4.74 Å². The van der Waals surface area contributed by atoms with Gasteiger partial charge in [0.2, 0.25) is 0 Å². The summed E-state index contributed by atoms with van der Waals surface area (Å²) in [5.74, 6) is -0.168. The summed E-state index contributed by atoms with van der Waals surface area (Å²) in [5, 5.41) is 0. The molecule has 0 aromatic heterocycles. The van der Waals surface area contributed by atoms with Crippen molar-refractivity contribution in [1.29, 1.82) is 0 Å². The number of aryl methyl sites for hydroxylation is 1. The summed E-state index contributed by atoms with van der Waals surface area (Å²) in [5.41, 5.74) is 1.03. The third-order valence-corrected chi connectivity index (χ3v) is 3.69. The number of alkyl halides is 4. The second-order valence-electron chi connectivity index (χ2n) is 4.09. The van der Waals surface area contributed by atoms with Crippen LogP contribution in [0.15, 0.2) is 24.3 Å². The fraction of sp³-hybridized carbons (Fsp3) is 0.538. The molecule has 5 heteroatoms. The molecule has 0 N–H and O–H groups in total. The van der Waals surface area contributed by atoms with Crippen LogP contribution in [-0.2, 0) is 6.42 Å². The Kier molecular flexibility index (Phi) is 5.99. The number of ether oxygens (including phenoxy) is 1. The van der Waals surface area contributed by atoms with E-state index >= 15 is 0 Å². The van der Waals surface area contributed by atoms with Crippen LogP contribution in [0, 0.1) is 0 Å². The first-order chi connectivity index (χ1) is 8.40. The molecule has 1 nitrogen and oxygen atoms in total. The van der Waals surface area contributed by atoms with Crippen molar-refractivity contribution in [1.82, 2.24) is 0 Å². The molecule has 0 fully saturated rings. The Morgan fingerprint density at radius 3 is 2.33 bits per heavy atom. The number of hydrogen-bond acceptors (Lipinski definition) is 1. The number of hydrogen-bond donors (Lipinski definition) is 0. The predicted molar refractivity (Wildman–Crippen MR) is 69.1 cm³/mol. The topological polar surface area (TPSA) is 9.23 Å². The second-order valence-corrected chi connectivity index (χ2v) is 5.38. The quantitative estimate of drug-likeness (QED) is 0.663. The van der Waals surface area contributed by atoms with E-state index in [1.165, 1.54) is 12.1 Å². The van der Waals surface area contributed by atoms with Gasteiger partial charge in [-0.1, -0.05) is 35.0 Å². The zero-order valence-electron chi connectivity index (χ0n) is 10.1. The van der Waals surface area contributed by atoms with Gasteiger partial charge in [-0.2, -0.15) is 0 Å². The van der Waals surface area contributed by atoms with Crippen LogP contribution in [0.25, 0.3) is 0 Å². The molecule has 0 amide bonds. The summed E-state index contributed by atoms with van der Waals surface area (Å²) in [6.07, 6.45) is -0.584. The Morgan fingerprint density at radius 2 is 1.83 bits per heavy atom. The average molecular weight is 325 g/mol. The average Bonchev–Trinajstić information content (AvgIpc) is 2.29. The summed E-state index contributed by atoms with van der Waals surface area (Å²) in [4.78, 5) is 0.519. The molecule has 1 aromatic carbocycles. The van der Waals surface area contributed by atoms with Crippen molar-refractivity contribution in [3.63, 3.8) is 0 Å². The van der Waals surface area contributed by atoms with Gasteiger partial charge in [0.25, 0.3) is 0 Å². The smallest absolute Gasteiger partial charge is 0.406 e. The van der Waals surface area contributed by atoms with Gasteiger partial charge < -0.3 is 4.74 Å². The maximum atomic E-state index is 11.9. The van der Waals surface area contributed by atoms with Crippen LogP contribution in [0.3, 0.4) is 0 Å². The molecule has 0 radical (unpaired) electrons. The largest absolute Gasteiger partial charge is 0.573 e. The lowest BCUT2D eigenvalue weighted by Crippen LogP contribution is -2.17. The molecule has 0 aliphatic carbocycles. The SMILES string of the molecule is CCC(Br)CCCc1ccc(OC(F)(F)F)cc1. The van der Waals surface area contributed by atoms with Gasteiger partial charge in [0, 0.05) is 4.83 Å². The van der Waals surface area contributed by atoms with E-state index < -0.39 is 6.36 Å². The molecular weight excluding hydrogens is 309 g/mol. The summed E-state index contributed by atoms with van der Waals surface area (Å²) >= 11 is 3.55. The van der Waals surface area contributed by atoms with E-state index in [4.69, 9.17) is 0 Å². The number of halogens is 4. The molecule has 0 saturated carbocycles. The molecule has 1 atom stereocenters. The molecule has 0 heterocycles. The maximum Gasteiger partial charge on any atom is 0.573 e. The van der Waals surface area contributed by atoms with Gasteiger partial charge in [-0.3, -0.25) is 0 Å². The Hall–Kier alpha value is -0.710. The van der Waals surface area contributed by atoms with Gasteiger partial charge in [-0.25, -0.2) is 0 Å². The molecule has 1 aromatic rings. The summed E-state index contributed by atoms with van der Waals surface area (Å²) < 4.78 is 39.6. The molecule has 1 unspecified atom stereocenters. The van der Waals surface area contributed by atoms with E-state index in [-0.39, 0.29) is 5.75 Å². The first kappa shape index (κ1) is 15.3. The van der Waals surface area contributed by atoms with Crippen molar-refractivity contribution < 1.29 is 17.9 Å². The van der Waals surface area contributed by atoms with Crippen LogP contribution in [-0.4, -0.2) is 11.2 Å². The van der Waals surface area contributed by atoms with E-state index in [1.54, 1.807) is 12.1 Å². The number of benzene rings is 1. The minimum Gasteiger partial charge on any atom is -0.406 e. The van der Waals surface area contributed by atoms with Crippen LogP contribution >= 0.6 is 15.9 Å². The molecular formula is C13H16BrF3O. The molecule has 1 rings (SSSR count). The molecule has 102 valence electrons. The zero-order valence-corrected chi connectivity index (χ0v) is 11.7. The van der Waals surface area contributed by atoms with Gasteiger partial charge in [0.05, 0.1) is 0 Å². The highest BCUT2D eigenvalue weighted by Gasteiger charge is 2.30. The summed E-state index contributed by atoms with van der Waals surface area (Å²) in [7, 11) is 0. The van der Waals surface area contributed by atoms with Gasteiger partial charge in [0.15, 0.2) is 0 Å².